The van der Waals surface area contributed by atoms with Crippen molar-refractivity contribution in [1.82, 2.24) is 0 Å². The predicted octanol–water partition coefficient (Wildman–Crippen LogP) is 12.4. The Hall–Kier alpha value is -8.13. The highest BCUT2D eigenvalue weighted by atomic mass is 32.2. The minimum absolute atomic E-state index is 0.0538. The first-order valence-corrected chi connectivity index (χ1v) is 33.9. The van der Waals surface area contributed by atoms with Gasteiger partial charge in [0, 0.05) is 32.5 Å². The van der Waals surface area contributed by atoms with Gasteiger partial charge in [0.2, 0.25) is 6.71 Å². The summed E-state index contributed by atoms with van der Waals surface area (Å²) >= 11 is 1.98. The summed E-state index contributed by atoms with van der Waals surface area (Å²) in [6.45, 7) is 14.3. The van der Waals surface area contributed by atoms with E-state index in [4.69, 9.17) is 0 Å². The number of fused-ring (bicyclic) bond motifs is 6. The standard InChI is InChI=1S/C75H65BN2SSi2/c1-51(2)54-49-59(52(3)4)73(60(50-54)53(5)6)76-61-37-27-43-67(77-63-39-19-23-45-69(63)80(55-29-11-7-12-30-55,56-31-13-8-14-32-56)70-46-24-20-40-64(70)77)74(61)79-75-62(76)38-28-44-68(75)78-65-41-21-25-47-71(65)81(57-33-15-9-16-34-57,58-35-17-10-18-36-58)72-48-26-22-42-66(72)78/h7-53H,1-6H3. The van der Waals surface area contributed by atoms with Gasteiger partial charge in [0.15, 0.2) is 16.1 Å². The zero-order chi connectivity index (χ0) is 55.0. The van der Waals surface area contributed by atoms with Crippen LogP contribution in [0.25, 0.3) is 0 Å². The second-order valence-electron chi connectivity index (χ2n) is 23.2. The van der Waals surface area contributed by atoms with E-state index in [1.165, 1.54) is 118 Å². The lowest BCUT2D eigenvalue weighted by Gasteiger charge is -2.46. The van der Waals surface area contributed by atoms with Gasteiger partial charge in [0.1, 0.15) is 0 Å². The van der Waals surface area contributed by atoms with Gasteiger partial charge in [-0.25, -0.2) is 0 Å². The van der Waals surface area contributed by atoms with Gasteiger partial charge >= 0.3 is 0 Å². The zero-order valence-electron chi connectivity index (χ0n) is 47.0. The van der Waals surface area contributed by atoms with Crippen LogP contribution in [-0.4, -0.2) is 22.9 Å². The molecule has 0 saturated carbocycles. The molecule has 0 atom stereocenters. The Morgan fingerprint density at radius 3 is 0.889 bits per heavy atom. The summed E-state index contributed by atoms with van der Waals surface area (Å²) in [5, 5.41) is 11.2. The van der Waals surface area contributed by atoms with Crippen molar-refractivity contribution in [1.29, 1.82) is 0 Å². The van der Waals surface area contributed by atoms with E-state index in [1.807, 2.05) is 11.8 Å². The number of anilines is 6. The van der Waals surface area contributed by atoms with Crippen LogP contribution in [0.1, 0.15) is 76.0 Å². The van der Waals surface area contributed by atoms with Crippen molar-refractivity contribution in [2.75, 3.05) is 9.80 Å². The number of hydrogen-bond acceptors (Lipinski definition) is 3. The molecule has 392 valence electrons. The third kappa shape index (κ3) is 7.82. The Labute approximate surface area is 485 Å². The Kier molecular flexibility index (Phi) is 12.9. The molecule has 0 radical (unpaired) electrons. The topological polar surface area (TPSA) is 6.48 Å². The number of hydrogen-bond donors (Lipinski definition) is 0. The fourth-order valence-electron chi connectivity index (χ4n) is 14.4. The third-order valence-corrected chi connectivity index (χ3v) is 28.9. The maximum atomic E-state index is 2.65. The highest BCUT2D eigenvalue weighted by Gasteiger charge is 2.52. The Morgan fingerprint density at radius 1 is 0.309 bits per heavy atom. The van der Waals surface area contributed by atoms with Crippen LogP contribution in [0.4, 0.5) is 34.1 Å². The van der Waals surface area contributed by atoms with Crippen LogP contribution in [0, 0.1) is 0 Å². The first-order chi connectivity index (χ1) is 39.7. The molecule has 0 saturated heterocycles. The van der Waals surface area contributed by atoms with Gasteiger partial charge in [0.25, 0.3) is 0 Å². The average Bonchev–Trinajstić information content (AvgIpc) is 3.63. The highest BCUT2D eigenvalue weighted by Crippen LogP contribution is 2.50. The lowest BCUT2D eigenvalue weighted by molar-refractivity contribution is 0.812. The summed E-state index contributed by atoms with van der Waals surface area (Å²) < 4.78 is 0. The second kappa shape index (κ2) is 20.4. The van der Waals surface area contributed by atoms with E-state index in [-0.39, 0.29) is 6.71 Å². The monoisotopic (exact) mass is 1090 g/mol. The van der Waals surface area contributed by atoms with E-state index in [0.717, 1.165) is 0 Å². The van der Waals surface area contributed by atoms with E-state index < -0.39 is 16.1 Å². The quantitative estimate of drug-likeness (QED) is 0.126. The maximum absolute atomic E-state index is 2.88. The lowest BCUT2D eigenvalue weighted by Crippen LogP contribution is -2.77. The molecular formula is C75H65BN2SSi2. The summed E-state index contributed by atoms with van der Waals surface area (Å²) in [5.41, 5.74) is 15.9. The zero-order valence-corrected chi connectivity index (χ0v) is 49.8. The second-order valence-corrected chi connectivity index (χ2v) is 31.7. The highest BCUT2D eigenvalue weighted by molar-refractivity contribution is 8.00. The molecule has 0 bridgehead atoms. The molecule has 3 heterocycles. The molecule has 0 spiro atoms. The minimum Gasteiger partial charge on any atom is -0.310 e. The summed E-state index contributed by atoms with van der Waals surface area (Å²) in [7, 11) is -5.75. The first kappa shape index (κ1) is 51.0. The fraction of sp³-hybridized carbons (Fsp3) is 0.120. The van der Waals surface area contributed by atoms with Crippen molar-refractivity contribution in [2.24, 2.45) is 0 Å². The summed E-state index contributed by atoms with van der Waals surface area (Å²) in [5.74, 6) is 1.000. The van der Waals surface area contributed by atoms with Crippen molar-refractivity contribution >= 4 is 127 Å². The van der Waals surface area contributed by atoms with Crippen molar-refractivity contribution < 1.29 is 0 Å². The Balaban J connectivity index is 1.07. The van der Waals surface area contributed by atoms with Crippen LogP contribution in [0.5, 0.6) is 0 Å². The Bertz CT molecular complexity index is 3730. The molecule has 0 aromatic heterocycles. The van der Waals surface area contributed by atoms with Gasteiger partial charge in [-0.1, -0.05) is 300 Å². The lowest BCUT2D eigenvalue weighted by atomic mass is 9.34. The van der Waals surface area contributed by atoms with Crippen LogP contribution >= 0.6 is 11.8 Å². The largest absolute Gasteiger partial charge is 0.310 e. The Morgan fingerprint density at radius 2 is 0.593 bits per heavy atom. The van der Waals surface area contributed by atoms with Gasteiger partial charge in [-0.15, -0.1) is 0 Å². The predicted molar refractivity (Wildman–Crippen MR) is 354 cm³/mol. The number of rotatable bonds is 10. The molecule has 0 unspecified atom stereocenters. The number of benzene rings is 11. The van der Waals surface area contributed by atoms with Crippen LogP contribution in [-0.2, 0) is 0 Å². The molecular weight excluding hydrogens is 1030 g/mol. The normalized spacial score (nSPS) is 14.5. The number of para-hydroxylation sites is 4. The van der Waals surface area contributed by atoms with Crippen molar-refractivity contribution in [2.45, 2.75) is 69.1 Å². The van der Waals surface area contributed by atoms with Crippen LogP contribution in [0.2, 0.25) is 0 Å². The molecule has 81 heavy (non-hydrogen) atoms. The molecule has 11 aromatic carbocycles. The fourth-order valence-corrected chi connectivity index (χ4v) is 25.9. The molecule has 0 amide bonds. The molecule has 0 fully saturated rings. The van der Waals surface area contributed by atoms with E-state index in [0.29, 0.717) is 17.8 Å². The van der Waals surface area contributed by atoms with Gasteiger partial charge < -0.3 is 9.80 Å². The van der Waals surface area contributed by atoms with E-state index in [2.05, 4.69) is 318 Å². The molecule has 6 heteroatoms. The summed E-state index contributed by atoms with van der Waals surface area (Å²) in [4.78, 5) is 7.90. The van der Waals surface area contributed by atoms with Crippen LogP contribution in [0.3, 0.4) is 0 Å². The van der Waals surface area contributed by atoms with Crippen LogP contribution < -0.4 is 67.7 Å². The van der Waals surface area contributed by atoms with E-state index in [1.54, 1.807) is 0 Å². The average molecular weight is 1090 g/mol. The van der Waals surface area contributed by atoms with Crippen molar-refractivity contribution in [3.63, 3.8) is 0 Å². The molecule has 2 nitrogen and oxygen atoms in total. The van der Waals surface area contributed by atoms with Gasteiger partial charge in [0.05, 0.1) is 11.4 Å². The SMILES string of the molecule is CC(C)c1cc(C(C)C)c(B2c3cccc(N4c5ccccc5[Si](c5ccccc5)(c5ccccc5)c5ccccc54)c3Sc3c2cccc3N2c3ccccc3[Si](c3ccccc3)(c3ccccc3)c3ccccc32)c(C(C)C)c1. The van der Waals surface area contributed by atoms with Crippen molar-refractivity contribution in [3.05, 3.63) is 284 Å². The molecule has 3 aliphatic rings. The molecule has 3 aliphatic heterocycles. The van der Waals surface area contributed by atoms with E-state index in [9.17, 15) is 0 Å². The van der Waals surface area contributed by atoms with Gasteiger partial charge in [-0.05, 0) is 112 Å². The van der Waals surface area contributed by atoms with Gasteiger partial charge in [-0.2, -0.15) is 0 Å². The molecule has 11 aromatic rings. The van der Waals surface area contributed by atoms with E-state index >= 15 is 0 Å². The van der Waals surface area contributed by atoms with Gasteiger partial charge in [-0.3, -0.25) is 0 Å². The molecule has 14 rings (SSSR count). The third-order valence-electron chi connectivity index (χ3n) is 17.8. The maximum Gasteiger partial charge on any atom is 0.245 e. The van der Waals surface area contributed by atoms with Crippen LogP contribution in [0.15, 0.2) is 277 Å². The van der Waals surface area contributed by atoms with Crippen molar-refractivity contribution in [3.8, 4) is 0 Å². The summed E-state index contributed by atoms with van der Waals surface area (Å²) in [6.07, 6.45) is 0. The molecule has 0 N–H and O–H groups in total. The summed E-state index contributed by atoms with van der Waals surface area (Å²) in [6, 6.07) is 103. The first-order valence-electron chi connectivity index (χ1n) is 29.0. The molecule has 0 aliphatic carbocycles. The smallest absolute Gasteiger partial charge is 0.245 e. The number of nitrogens with zero attached hydrogens (tertiary/aromatic N) is 2. The minimum atomic E-state index is -2.88.